The number of benzene rings is 2. The van der Waals surface area contributed by atoms with Gasteiger partial charge in [-0.25, -0.2) is 0 Å². The summed E-state index contributed by atoms with van der Waals surface area (Å²) in [4.78, 5) is 14.3. The van der Waals surface area contributed by atoms with Gasteiger partial charge < -0.3 is 4.90 Å². The quantitative estimate of drug-likeness (QED) is 0.842. The minimum atomic E-state index is -0.464. The van der Waals surface area contributed by atoms with Crippen LogP contribution in [0.1, 0.15) is 28.8 Å². The average Bonchev–Trinajstić information content (AvgIpc) is 2.63. The molecule has 0 unspecified atom stereocenters. The van der Waals surface area contributed by atoms with E-state index in [2.05, 4.69) is 6.07 Å². The predicted molar refractivity (Wildman–Crippen MR) is 92.6 cm³/mol. The van der Waals surface area contributed by atoms with Crippen LogP contribution in [-0.4, -0.2) is 23.9 Å². The van der Waals surface area contributed by atoms with Crippen molar-refractivity contribution < 1.29 is 4.79 Å². The van der Waals surface area contributed by atoms with E-state index >= 15 is 0 Å². The van der Waals surface area contributed by atoms with Gasteiger partial charge in [-0.15, -0.1) is 12.4 Å². The lowest BCUT2D eigenvalue weighted by atomic mass is 9.74. The largest absolute Gasteiger partial charge is 0.339 e. The van der Waals surface area contributed by atoms with Gasteiger partial charge in [0, 0.05) is 18.7 Å². The lowest BCUT2D eigenvalue weighted by Crippen LogP contribution is -2.44. The summed E-state index contributed by atoms with van der Waals surface area (Å²) < 4.78 is 0. The van der Waals surface area contributed by atoms with Crippen LogP contribution in [0, 0.1) is 11.3 Å². The van der Waals surface area contributed by atoms with Crippen molar-refractivity contribution in [2.24, 2.45) is 0 Å². The summed E-state index contributed by atoms with van der Waals surface area (Å²) in [6, 6.07) is 21.8. The second-order valence-corrected chi connectivity index (χ2v) is 5.72. The Kier molecular flexibility index (Phi) is 5.41. The molecule has 1 saturated heterocycles. The molecule has 2 aromatic carbocycles. The van der Waals surface area contributed by atoms with Crippen LogP contribution in [0.3, 0.4) is 0 Å². The van der Waals surface area contributed by atoms with E-state index < -0.39 is 5.41 Å². The first-order valence-corrected chi connectivity index (χ1v) is 7.56. The summed E-state index contributed by atoms with van der Waals surface area (Å²) in [6.45, 7) is 1.24. The summed E-state index contributed by atoms with van der Waals surface area (Å²) >= 11 is 0. The molecule has 0 bridgehead atoms. The highest BCUT2D eigenvalue weighted by Crippen LogP contribution is 2.35. The number of hydrogen-bond acceptors (Lipinski definition) is 2. The number of carbonyl (C=O) groups is 1. The number of piperidine rings is 1. The SMILES string of the molecule is Cl.N#CC1(c2ccccc2)CCN(C(=O)c2ccccc2)CC1. The number of carbonyl (C=O) groups excluding carboxylic acids is 1. The number of amides is 1. The second-order valence-electron chi connectivity index (χ2n) is 5.72. The highest BCUT2D eigenvalue weighted by molar-refractivity contribution is 5.94. The molecule has 1 aliphatic heterocycles. The van der Waals surface area contributed by atoms with Gasteiger partial charge in [-0.1, -0.05) is 48.5 Å². The lowest BCUT2D eigenvalue weighted by molar-refractivity contribution is 0.0692. The molecule has 0 saturated carbocycles. The molecule has 1 amide bonds. The molecule has 0 atom stereocenters. The van der Waals surface area contributed by atoms with E-state index in [4.69, 9.17) is 0 Å². The van der Waals surface area contributed by atoms with Crippen LogP contribution in [0.4, 0.5) is 0 Å². The molecule has 4 heteroatoms. The first-order chi connectivity index (χ1) is 10.7. The van der Waals surface area contributed by atoms with E-state index in [-0.39, 0.29) is 18.3 Å². The maximum absolute atomic E-state index is 12.5. The van der Waals surface area contributed by atoms with E-state index in [9.17, 15) is 10.1 Å². The molecular weight excluding hydrogens is 308 g/mol. The molecular formula is C19H19ClN2O. The highest BCUT2D eigenvalue weighted by atomic mass is 35.5. The summed E-state index contributed by atoms with van der Waals surface area (Å²) in [6.07, 6.45) is 1.37. The molecule has 3 rings (SSSR count). The number of nitrogens with zero attached hydrogens (tertiary/aromatic N) is 2. The van der Waals surface area contributed by atoms with E-state index in [0.717, 1.165) is 5.56 Å². The van der Waals surface area contributed by atoms with Crippen LogP contribution >= 0.6 is 12.4 Å². The van der Waals surface area contributed by atoms with E-state index in [0.29, 0.717) is 31.5 Å². The first kappa shape index (κ1) is 17.1. The second kappa shape index (κ2) is 7.30. The van der Waals surface area contributed by atoms with Crippen LogP contribution in [-0.2, 0) is 5.41 Å². The van der Waals surface area contributed by atoms with Crippen molar-refractivity contribution >= 4 is 18.3 Å². The number of halogens is 1. The highest BCUT2D eigenvalue weighted by Gasteiger charge is 2.37. The third kappa shape index (κ3) is 3.38. The number of hydrogen-bond donors (Lipinski definition) is 0. The van der Waals surface area contributed by atoms with Crippen LogP contribution in [0.2, 0.25) is 0 Å². The third-order valence-electron chi connectivity index (χ3n) is 4.47. The molecule has 118 valence electrons. The zero-order chi connectivity index (χ0) is 15.4. The van der Waals surface area contributed by atoms with Gasteiger partial charge in [0.15, 0.2) is 0 Å². The molecule has 0 N–H and O–H groups in total. The summed E-state index contributed by atoms with van der Waals surface area (Å²) in [5.41, 5.74) is 1.31. The minimum absolute atomic E-state index is 0. The molecule has 1 aliphatic rings. The van der Waals surface area contributed by atoms with Gasteiger partial charge in [-0.3, -0.25) is 4.79 Å². The Hall–Kier alpha value is -2.31. The van der Waals surface area contributed by atoms with Crippen molar-refractivity contribution in [1.82, 2.24) is 4.90 Å². The Labute approximate surface area is 143 Å². The average molecular weight is 327 g/mol. The third-order valence-corrected chi connectivity index (χ3v) is 4.47. The van der Waals surface area contributed by atoms with Crippen molar-refractivity contribution in [3.63, 3.8) is 0 Å². The van der Waals surface area contributed by atoms with Gasteiger partial charge in [-0.05, 0) is 30.5 Å². The molecule has 23 heavy (non-hydrogen) atoms. The van der Waals surface area contributed by atoms with Crippen LogP contribution in [0.5, 0.6) is 0 Å². The Balaban J connectivity index is 0.00000192. The maximum atomic E-state index is 12.5. The van der Waals surface area contributed by atoms with Crippen LogP contribution < -0.4 is 0 Å². The summed E-state index contributed by atoms with van der Waals surface area (Å²) in [5, 5.41) is 9.68. The predicted octanol–water partition coefficient (Wildman–Crippen LogP) is 3.81. The molecule has 1 fully saturated rings. The molecule has 2 aromatic rings. The molecule has 0 radical (unpaired) electrons. The lowest BCUT2D eigenvalue weighted by Gasteiger charge is -2.37. The topological polar surface area (TPSA) is 44.1 Å². The Morgan fingerprint density at radius 1 is 0.957 bits per heavy atom. The zero-order valence-electron chi connectivity index (χ0n) is 12.8. The Morgan fingerprint density at radius 2 is 1.48 bits per heavy atom. The Morgan fingerprint density at radius 3 is 2.00 bits per heavy atom. The maximum Gasteiger partial charge on any atom is 0.253 e. The first-order valence-electron chi connectivity index (χ1n) is 7.56. The summed E-state index contributed by atoms with van der Waals surface area (Å²) in [7, 11) is 0. The fourth-order valence-corrected chi connectivity index (χ4v) is 3.08. The van der Waals surface area contributed by atoms with Crippen molar-refractivity contribution in [2.75, 3.05) is 13.1 Å². The molecule has 0 aliphatic carbocycles. The zero-order valence-corrected chi connectivity index (χ0v) is 13.6. The molecule has 0 aromatic heterocycles. The van der Waals surface area contributed by atoms with Gasteiger partial charge >= 0.3 is 0 Å². The van der Waals surface area contributed by atoms with Gasteiger partial charge in [0.05, 0.1) is 11.5 Å². The fourth-order valence-electron chi connectivity index (χ4n) is 3.08. The van der Waals surface area contributed by atoms with Crippen molar-refractivity contribution in [3.05, 3.63) is 71.8 Å². The van der Waals surface area contributed by atoms with Gasteiger partial charge in [0.2, 0.25) is 0 Å². The smallest absolute Gasteiger partial charge is 0.253 e. The van der Waals surface area contributed by atoms with E-state index in [1.807, 2.05) is 65.6 Å². The standard InChI is InChI=1S/C19H18N2O.ClH/c20-15-19(17-9-5-2-6-10-17)11-13-21(14-12-19)18(22)16-7-3-1-4-8-16;/h1-10H,11-14H2;1H. The normalized spacial score (nSPS) is 16.0. The fraction of sp³-hybridized carbons (Fsp3) is 0.263. The minimum Gasteiger partial charge on any atom is -0.339 e. The van der Waals surface area contributed by atoms with Gasteiger partial charge in [0.1, 0.15) is 0 Å². The van der Waals surface area contributed by atoms with Gasteiger partial charge in [-0.2, -0.15) is 5.26 Å². The van der Waals surface area contributed by atoms with Crippen molar-refractivity contribution in [2.45, 2.75) is 18.3 Å². The Bertz CT molecular complexity index is 686. The molecule has 1 heterocycles. The van der Waals surface area contributed by atoms with Crippen LogP contribution in [0.25, 0.3) is 0 Å². The van der Waals surface area contributed by atoms with Crippen molar-refractivity contribution in [3.8, 4) is 6.07 Å². The van der Waals surface area contributed by atoms with Crippen molar-refractivity contribution in [1.29, 1.82) is 5.26 Å². The van der Waals surface area contributed by atoms with E-state index in [1.54, 1.807) is 0 Å². The monoisotopic (exact) mass is 326 g/mol. The van der Waals surface area contributed by atoms with E-state index in [1.165, 1.54) is 0 Å². The van der Waals surface area contributed by atoms with Crippen LogP contribution in [0.15, 0.2) is 60.7 Å². The number of rotatable bonds is 2. The summed E-state index contributed by atoms with van der Waals surface area (Å²) in [5.74, 6) is 0.0557. The molecule has 0 spiro atoms. The number of nitriles is 1. The van der Waals surface area contributed by atoms with Gasteiger partial charge in [0.25, 0.3) is 5.91 Å². The number of likely N-dealkylation sites (tertiary alicyclic amines) is 1. The molecule has 3 nitrogen and oxygen atoms in total.